The van der Waals surface area contributed by atoms with Crippen LogP contribution in [0.1, 0.15) is 35.0 Å². The van der Waals surface area contributed by atoms with E-state index in [0.29, 0.717) is 11.3 Å². The van der Waals surface area contributed by atoms with Gasteiger partial charge in [-0.25, -0.2) is 0 Å². The number of aryl methyl sites for hydroxylation is 3. The zero-order chi connectivity index (χ0) is 16.3. The lowest BCUT2D eigenvalue weighted by atomic mass is 10.1. The third-order valence-electron chi connectivity index (χ3n) is 3.72. The van der Waals surface area contributed by atoms with Crippen molar-refractivity contribution in [2.45, 2.75) is 33.0 Å². The van der Waals surface area contributed by atoms with Gasteiger partial charge in [0, 0.05) is 5.69 Å². The van der Waals surface area contributed by atoms with Gasteiger partial charge in [0.1, 0.15) is 0 Å². The van der Waals surface area contributed by atoms with Crippen LogP contribution in [-0.4, -0.2) is 9.79 Å². The molecular formula is C17H22NO3P. The number of benzene rings is 2. The molecule has 0 unspecified atom stereocenters. The lowest BCUT2D eigenvalue weighted by Crippen LogP contribution is -2.12. The summed E-state index contributed by atoms with van der Waals surface area (Å²) in [6.45, 7) is 5.89. The number of anilines is 1. The molecule has 0 aliphatic carbocycles. The highest BCUT2D eigenvalue weighted by Crippen LogP contribution is 2.52. The van der Waals surface area contributed by atoms with E-state index in [1.165, 1.54) is 5.56 Å². The largest absolute Gasteiger partial charge is 0.368 e. The Kier molecular flexibility index (Phi) is 5.07. The number of nitrogens with one attached hydrogen (secondary N) is 1. The molecule has 0 heterocycles. The quantitative estimate of drug-likeness (QED) is 0.724. The molecule has 118 valence electrons. The molecule has 0 bridgehead atoms. The Bertz CT molecular complexity index is 692. The second-order valence-electron chi connectivity index (χ2n) is 5.55. The average molecular weight is 319 g/mol. The van der Waals surface area contributed by atoms with Gasteiger partial charge in [-0.3, -0.25) is 4.57 Å². The van der Waals surface area contributed by atoms with Crippen molar-refractivity contribution >= 4 is 13.3 Å². The van der Waals surface area contributed by atoms with E-state index in [2.05, 4.69) is 12.2 Å². The zero-order valence-electron chi connectivity index (χ0n) is 13.1. The maximum atomic E-state index is 11.9. The van der Waals surface area contributed by atoms with Crippen molar-refractivity contribution in [3.05, 3.63) is 64.7 Å². The number of hydrogen-bond acceptors (Lipinski definition) is 2. The first kappa shape index (κ1) is 16.8. The molecule has 0 radical (unpaired) electrons. The van der Waals surface area contributed by atoms with Crippen molar-refractivity contribution in [2.75, 3.05) is 5.32 Å². The molecule has 0 saturated heterocycles. The fourth-order valence-electron chi connectivity index (χ4n) is 2.47. The Morgan fingerprint density at radius 3 is 2.23 bits per heavy atom. The van der Waals surface area contributed by atoms with E-state index >= 15 is 0 Å². The molecule has 0 aliphatic rings. The number of hydrogen-bond donors (Lipinski definition) is 3. The van der Waals surface area contributed by atoms with Crippen LogP contribution in [0.4, 0.5) is 5.69 Å². The van der Waals surface area contributed by atoms with Crippen LogP contribution in [0, 0.1) is 13.8 Å². The van der Waals surface area contributed by atoms with Crippen molar-refractivity contribution in [1.29, 1.82) is 0 Å². The summed E-state index contributed by atoms with van der Waals surface area (Å²) in [7, 11) is -4.34. The van der Waals surface area contributed by atoms with Crippen molar-refractivity contribution in [1.82, 2.24) is 0 Å². The summed E-state index contributed by atoms with van der Waals surface area (Å²) in [4.78, 5) is 19.5. The van der Waals surface area contributed by atoms with Crippen LogP contribution in [0.5, 0.6) is 0 Å². The molecule has 4 nitrogen and oxygen atoms in total. The highest BCUT2D eigenvalue weighted by Gasteiger charge is 2.31. The average Bonchev–Trinajstić information content (AvgIpc) is 2.45. The first-order valence-electron chi connectivity index (χ1n) is 7.29. The smallest absolute Gasteiger partial charge is 0.352 e. The molecule has 2 rings (SSSR count). The maximum absolute atomic E-state index is 11.9. The van der Waals surface area contributed by atoms with Crippen LogP contribution in [-0.2, 0) is 11.0 Å². The van der Waals surface area contributed by atoms with Crippen molar-refractivity contribution in [2.24, 2.45) is 0 Å². The van der Waals surface area contributed by atoms with Crippen LogP contribution in [0.25, 0.3) is 0 Å². The van der Waals surface area contributed by atoms with Crippen LogP contribution >= 0.6 is 7.60 Å². The summed E-state index contributed by atoms with van der Waals surface area (Å²) in [6, 6.07) is 13.2. The molecule has 22 heavy (non-hydrogen) atoms. The van der Waals surface area contributed by atoms with Gasteiger partial charge < -0.3 is 15.1 Å². The summed E-state index contributed by atoms with van der Waals surface area (Å²) in [6.07, 6.45) is 0.930. The second kappa shape index (κ2) is 6.66. The third-order valence-corrected chi connectivity index (χ3v) is 4.80. The number of rotatable bonds is 5. The first-order chi connectivity index (χ1) is 10.3. The van der Waals surface area contributed by atoms with E-state index < -0.39 is 13.4 Å². The fourth-order valence-corrected chi connectivity index (χ4v) is 3.44. The highest BCUT2D eigenvalue weighted by atomic mass is 31.2. The minimum atomic E-state index is -4.34. The molecule has 2 aromatic carbocycles. The van der Waals surface area contributed by atoms with Crippen LogP contribution in [0.15, 0.2) is 42.5 Å². The van der Waals surface area contributed by atoms with E-state index in [4.69, 9.17) is 0 Å². The third kappa shape index (κ3) is 3.98. The van der Waals surface area contributed by atoms with E-state index in [-0.39, 0.29) is 0 Å². The zero-order valence-corrected chi connectivity index (χ0v) is 14.0. The van der Waals surface area contributed by atoms with Gasteiger partial charge in [0.2, 0.25) is 0 Å². The highest BCUT2D eigenvalue weighted by molar-refractivity contribution is 7.52. The van der Waals surface area contributed by atoms with Gasteiger partial charge in [-0.2, -0.15) is 0 Å². The normalized spacial score (nSPS) is 13.0. The molecule has 2 aromatic rings. The lowest BCUT2D eigenvalue weighted by molar-refractivity contribution is 0.363. The maximum Gasteiger partial charge on any atom is 0.352 e. The SMILES string of the molecule is CCc1ccc(N[C@@H](c2ccc(C)cc2C)P(=O)(O)O)cc1. The summed E-state index contributed by atoms with van der Waals surface area (Å²) >= 11 is 0. The molecule has 0 spiro atoms. The molecule has 0 fully saturated rings. The molecule has 0 saturated carbocycles. The van der Waals surface area contributed by atoms with Crippen molar-refractivity contribution in [3.63, 3.8) is 0 Å². The van der Waals surface area contributed by atoms with E-state index in [1.807, 2.05) is 50.2 Å². The summed E-state index contributed by atoms with van der Waals surface area (Å²) in [5.41, 5.74) is 4.44. The first-order valence-corrected chi connectivity index (χ1v) is 8.97. The predicted molar refractivity (Wildman–Crippen MR) is 90.1 cm³/mol. The summed E-state index contributed by atoms with van der Waals surface area (Å²) in [5.74, 6) is -1.04. The van der Waals surface area contributed by atoms with Gasteiger partial charge in [0.05, 0.1) is 0 Å². The van der Waals surface area contributed by atoms with E-state index in [0.717, 1.165) is 17.5 Å². The Morgan fingerprint density at radius 1 is 1.09 bits per heavy atom. The Morgan fingerprint density at radius 2 is 1.73 bits per heavy atom. The van der Waals surface area contributed by atoms with Gasteiger partial charge in [0.15, 0.2) is 5.78 Å². The van der Waals surface area contributed by atoms with Crippen LogP contribution in [0.2, 0.25) is 0 Å². The van der Waals surface area contributed by atoms with E-state index in [9.17, 15) is 14.4 Å². The lowest BCUT2D eigenvalue weighted by Gasteiger charge is -2.23. The van der Waals surface area contributed by atoms with Gasteiger partial charge >= 0.3 is 7.60 Å². The van der Waals surface area contributed by atoms with Gasteiger partial charge in [-0.05, 0) is 49.1 Å². The Labute approximate surface area is 131 Å². The molecule has 0 aliphatic heterocycles. The van der Waals surface area contributed by atoms with Crippen LogP contribution < -0.4 is 5.32 Å². The monoisotopic (exact) mass is 319 g/mol. The minimum absolute atomic E-state index is 0.624. The topological polar surface area (TPSA) is 69.6 Å². The van der Waals surface area contributed by atoms with Crippen molar-refractivity contribution in [3.8, 4) is 0 Å². The van der Waals surface area contributed by atoms with Gasteiger partial charge in [0.25, 0.3) is 0 Å². The molecule has 0 amide bonds. The molecule has 3 N–H and O–H groups in total. The van der Waals surface area contributed by atoms with E-state index in [1.54, 1.807) is 6.07 Å². The summed E-state index contributed by atoms with van der Waals surface area (Å²) in [5, 5.41) is 2.98. The van der Waals surface area contributed by atoms with Crippen molar-refractivity contribution < 1.29 is 14.4 Å². The molecule has 1 atom stereocenters. The fraction of sp³-hybridized carbons (Fsp3) is 0.294. The molecular weight excluding hydrogens is 297 g/mol. The summed E-state index contributed by atoms with van der Waals surface area (Å²) < 4.78 is 11.9. The van der Waals surface area contributed by atoms with Crippen LogP contribution in [0.3, 0.4) is 0 Å². The Hall–Kier alpha value is -1.61. The predicted octanol–water partition coefficient (Wildman–Crippen LogP) is 4.15. The molecule has 0 aromatic heterocycles. The second-order valence-corrected chi connectivity index (χ2v) is 7.24. The standard InChI is InChI=1S/C17H22NO3P/c1-4-14-6-8-15(9-7-14)18-17(22(19,20)21)16-10-5-12(2)11-13(16)3/h5-11,17-18H,4H2,1-3H3,(H2,19,20,21)/t17-/m1/s1. The molecule has 5 heteroatoms. The Balaban J connectivity index is 2.36. The minimum Gasteiger partial charge on any atom is -0.368 e. The van der Waals surface area contributed by atoms with Gasteiger partial charge in [-0.15, -0.1) is 0 Å². The van der Waals surface area contributed by atoms with Gasteiger partial charge in [-0.1, -0.05) is 42.8 Å².